The number of ether oxygens (including phenoxy) is 1. The summed E-state index contributed by atoms with van der Waals surface area (Å²) in [6.07, 6.45) is 0. The summed E-state index contributed by atoms with van der Waals surface area (Å²) in [4.78, 5) is 28.5. The van der Waals surface area contributed by atoms with Crippen LogP contribution in [0.5, 0.6) is 0 Å². The lowest BCUT2D eigenvalue weighted by atomic mass is 10.1. The van der Waals surface area contributed by atoms with Crippen LogP contribution >= 0.6 is 0 Å². The topological polar surface area (TPSA) is 99.8 Å². The van der Waals surface area contributed by atoms with Gasteiger partial charge in [-0.1, -0.05) is 30.3 Å². The number of esters is 1. The van der Waals surface area contributed by atoms with Gasteiger partial charge in [-0.15, -0.1) is 0 Å². The van der Waals surface area contributed by atoms with E-state index in [2.05, 4.69) is 4.99 Å². The lowest BCUT2D eigenvalue weighted by Gasteiger charge is -2.03. The lowest BCUT2D eigenvalue weighted by Crippen LogP contribution is -2.09. The van der Waals surface area contributed by atoms with Crippen LogP contribution in [-0.4, -0.2) is 29.2 Å². The summed E-state index contributed by atoms with van der Waals surface area (Å²) in [6, 6.07) is 14.6. The number of carbonyl (C=O) groups excluding carboxylic acids is 2. The fourth-order valence-corrected chi connectivity index (χ4v) is 2.67. The summed E-state index contributed by atoms with van der Waals surface area (Å²) >= 11 is 0. The number of nitriles is 1. The van der Waals surface area contributed by atoms with Crippen LogP contribution in [0.2, 0.25) is 0 Å². The van der Waals surface area contributed by atoms with Gasteiger partial charge in [-0.3, -0.25) is 4.79 Å². The van der Waals surface area contributed by atoms with Crippen LogP contribution in [0, 0.1) is 11.3 Å². The van der Waals surface area contributed by atoms with Crippen LogP contribution < -0.4 is 0 Å². The van der Waals surface area contributed by atoms with Crippen LogP contribution in [0.3, 0.4) is 0 Å². The van der Waals surface area contributed by atoms with E-state index < -0.39 is 11.8 Å². The molecule has 6 heteroatoms. The molecule has 128 valence electrons. The number of aliphatic imine (C=N–C) groups is 1. The molecule has 1 aliphatic rings. The zero-order valence-electron chi connectivity index (χ0n) is 13.9. The van der Waals surface area contributed by atoms with Crippen LogP contribution in [0.4, 0.5) is 5.69 Å². The first-order valence-electron chi connectivity index (χ1n) is 7.90. The molecule has 0 fully saturated rings. The van der Waals surface area contributed by atoms with Crippen LogP contribution in [0.15, 0.2) is 59.1 Å². The Morgan fingerprint density at radius 2 is 1.92 bits per heavy atom. The second-order valence-corrected chi connectivity index (χ2v) is 5.44. The third-order valence-electron chi connectivity index (χ3n) is 3.83. The highest BCUT2D eigenvalue weighted by Gasteiger charge is 2.32. The summed E-state index contributed by atoms with van der Waals surface area (Å²) in [5.41, 5.74) is 0.916. The molecule has 26 heavy (non-hydrogen) atoms. The largest absolute Gasteiger partial charge is 0.506 e. The van der Waals surface area contributed by atoms with Gasteiger partial charge < -0.3 is 9.84 Å². The first-order chi connectivity index (χ1) is 12.6. The molecule has 1 aliphatic carbocycles. The van der Waals surface area contributed by atoms with Crippen molar-refractivity contribution in [3.63, 3.8) is 0 Å². The first kappa shape index (κ1) is 17.1. The van der Waals surface area contributed by atoms with E-state index in [0.29, 0.717) is 16.8 Å². The average Bonchev–Trinajstić information content (AvgIpc) is 2.91. The number of rotatable bonds is 4. The van der Waals surface area contributed by atoms with Gasteiger partial charge >= 0.3 is 5.97 Å². The monoisotopic (exact) mass is 346 g/mol. The lowest BCUT2D eigenvalue weighted by molar-refractivity contribution is 0.0526. The number of Topliss-reactive ketones (excluding diaryl/α,β-unsaturated/α-hetero) is 1. The van der Waals surface area contributed by atoms with Crippen molar-refractivity contribution in [1.29, 1.82) is 5.26 Å². The first-order valence-corrected chi connectivity index (χ1v) is 7.90. The summed E-state index contributed by atoms with van der Waals surface area (Å²) < 4.78 is 4.93. The minimum absolute atomic E-state index is 0.143. The Hall–Kier alpha value is -3.72. The van der Waals surface area contributed by atoms with Crippen molar-refractivity contribution >= 4 is 28.9 Å². The van der Waals surface area contributed by atoms with Gasteiger partial charge in [0.05, 0.1) is 17.9 Å². The molecular formula is C20H14N2O4. The highest BCUT2D eigenvalue weighted by molar-refractivity contribution is 6.39. The van der Waals surface area contributed by atoms with E-state index >= 15 is 0 Å². The van der Waals surface area contributed by atoms with Crippen molar-refractivity contribution in [2.75, 3.05) is 6.61 Å². The molecule has 0 radical (unpaired) electrons. The minimum Gasteiger partial charge on any atom is -0.506 e. The van der Waals surface area contributed by atoms with Gasteiger partial charge in [0.1, 0.15) is 17.4 Å². The molecule has 0 saturated heterocycles. The number of hydrogen-bond donors (Lipinski definition) is 1. The molecule has 1 N–H and O–H groups in total. The predicted octanol–water partition coefficient (Wildman–Crippen LogP) is 3.62. The number of aliphatic hydroxyl groups excluding tert-OH is 1. The normalized spacial score (nSPS) is 13.4. The van der Waals surface area contributed by atoms with Gasteiger partial charge in [0.25, 0.3) is 0 Å². The van der Waals surface area contributed by atoms with Gasteiger partial charge in [-0.25, -0.2) is 9.79 Å². The van der Waals surface area contributed by atoms with E-state index in [1.807, 2.05) is 6.07 Å². The van der Waals surface area contributed by atoms with Gasteiger partial charge in [0.2, 0.25) is 0 Å². The number of fused-ring (bicyclic) bond motifs is 1. The Labute approximate surface area is 149 Å². The van der Waals surface area contributed by atoms with Crippen molar-refractivity contribution in [3.05, 3.63) is 70.8 Å². The molecule has 0 heterocycles. The molecule has 2 aromatic rings. The molecule has 0 bridgehead atoms. The van der Waals surface area contributed by atoms with Crippen molar-refractivity contribution in [1.82, 2.24) is 0 Å². The number of carbonyl (C=O) groups is 2. The second-order valence-electron chi connectivity index (χ2n) is 5.44. The van der Waals surface area contributed by atoms with Crippen molar-refractivity contribution in [2.45, 2.75) is 6.92 Å². The van der Waals surface area contributed by atoms with Crippen molar-refractivity contribution in [2.24, 2.45) is 4.99 Å². The molecule has 0 unspecified atom stereocenters. The average molecular weight is 346 g/mol. The number of hydrogen-bond acceptors (Lipinski definition) is 6. The molecule has 0 amide bonds. The van der Waals surface area contributed by atoms with Crippen LogP contribution in [0.1, 0.15) is 33.2 Å². The van der Waals surface area contributed by atoms with Crippen LogP contribution in [-0.2, 0) is 4.74 Å². The summed E-state index contributed by atoms with van der Waals surface area (Å²) in [5.74, 6) is -1.23. The minimum atomic E-state index is -0.505. The third kappa shape index (κ3) is 2.98. The maximum absolute atomic E-state index is 12.5. The fraction of sp³-hybridized carbons (Fsp3) is 0.100. The maximum atomic E-state index is 12.5. The summed E-state index contributed by atoms with van der Waals surface area (Å²) in [5, 5.41) is 19.8. The zero-order valence-corrected chi connectivity index (χ0v) is 13.9. The number of ketones is 1. The zero-order chi connectivity index (χ0) is 18.7. The Kier molecular flexibility index (Phi) is 4.63. The Morgan fingerprint density at radius 1 is 1.19 bits per heavy atom. The van der Waals surface area contributed by atoms with Crippen molar-refractivity contribution < 1.29 is 19.4 Å². The number of aliphatic hydroxyl groups is 1. The molecule has 0 saturated carbocycles. The van der Waals surface area contributed by atoms with Gasteiger partial charge in [-0.05, 0) is 25.1 Å². The predicted molar refractivity (Wildman–Crippen MR) is 95.4 cm³/mol. The van der Waals surface area contributed by atoms with E-state index in [-0.39, 0.29) is 29.2 Å². The molecular weight excluding hydrogens is 332 g/mol. The molecule has 0 aliphatic heterocycles. The number of benzene rings is 2. The maximum Gasteiger partial charge on any atom is 0.338 e. The fourth-order valence-electron chi connectivity index (χ4n) is 2.67. The Bertz CT molecular complexity index is 1010. The standard InChI is InChI=1S/C20H14N2O4/c1-2-26-20(25)12-6-5-7-13(10-12)22-16(11-21)17-18(23)14-8-3-4-9-15(14)19(17)24/h3-10,23H,2H2,1H3. The second kappa shape index (κ2) is 7.03. The quantitative estimate of drug-likeness (QED) is 0.673. The van der Waals surface area contributed by atoms with Gasteiger partial charge in [0.15, 0.2) is 11.5 Å². The van der Waals surface area contributed by atoms with E-state index in [0.717, 1.165) is 0 Å². The molecule has 3 rings (SSSR count). The molecule has 2 aromatic carbocycles. The summed E-state index contributed by atoms with van der Waals surface area (Å²) in [6.45, 7) is 1.94. The molecule has 0 spiro atoms. The highest BCUT2D eigenvalue weighted by atomic mass is 16.5. The summed E-state index contributed by atoms with van der Waals surface area (Å²) in [7, 11) is 0. The smallest absolute Gasteiger partial charge is 0.338 e. The third-order valence-corrected chi connectivity index (χ3v) is 3.83. The Morgan fingerprint density at radius 3 is 2.58 bits per heavy atom. The highest BCUT2D eigenvalue weighted by Crippen LogP contribution is 2.32. The van der Waals surface area contributed by atoms with Crippen LogP contribution in [0.25, 0.3) is 5.76 Å². The molecule has 6 nitrogen and oxygen atoms in total. The molecule has 0 aromatic heterocycles. The van der Waals surface area contributed by atoms with E-state index in [1.165, 1.54) is 6.07 Å². The SMILES string of the molecule is CCOC(=O)c1cccc(N=C(C#N)C2=C(O)c3ccccc3C2=O)c1. The Balaban J connectivity index is 2.02. The number of nitrogens with zero attached hydrogens (tertiary/aromatic N) is 2. The van der Waals surface area contributed by atoms with Gasteiger partial charge in [-0.2, -0.15) is 5.26 Å². The van der Waals surface area contributed by atoms with E-state index in [9.17, 15) is 20.0 Å². The van der Waals surface area contributed by atoms with E-state index in [1.54, 1.807) is 49.4 Å². The van der Waals surface area contributed by atoms with Gasteiger partial charge in [0, 0.05) is 11.1 Å². The molecule has 0 atom stereocenters. The number of allylic oxidation sites excluding steroid dienone is 1. The van der Waals surface area contributed by atoms with E-state index in [4.69, 9.17) is 4.74 Å². The van der Waals surface area contributed by atoms with Crippen molar-refractivity contribution in [3.8, 4) is 6.07 Å².